The molecule has 0 saturated heterocycles. The first-order valence-corrected chi connectivity index (χ1v) is 11.8. The Kier molecular flexibility index (Phi) is 16.1. The zero-order valence-electron chi connectivity index (χ0n) is 23.0. The number of rotatable bonds is 7. The first kappa shape index (κ1) is 35.4. The molecule has 1 aromatic rings. The summed E-state index contributed by atoms with van der Waals surface area (Å²) in [4.78, 5) is 16.9. The van der Waals surface area contributed by atoms with Crippen molar-refractivity contribution in [3.05, 3.63) is 70.8 Å². The third kappa shape index (κ3) is 10.8. The van der Waals surface area contributed by atoms with Gasteiger partial charge in [0.1, 0.15) is 0 Å². The van der Waals surface area contributed by atoms with Crippen LogP contribution in [0.25, 0.3) is 5.57 Å². The van der Waals surface area contributed by atoms with E-state index in [2.05, 4.69) is 35.8 Å². The van der Waals surface area contributed by atoms with E-state index in [9.17, 15) is 23.2 Å². The van der Waals surface area contributed by atoms with Crippen LogP contribution in [0.2, 0.25) is 0 Å². The summed E-state index contributed by atoms with van der Waals surface area (Å²) < 4.78 is 43.1. The van der Waals surface area contributed by atoms with E-state index in [0.29, 0.717) is 35.4 Å². The van der Waals surface area contributed by atoms with Crippen LogP contribution in [-0.4, -0.2) is 24.2 Å². The molecule has 1 fully saturated rings. The molecule has 37 heavy (non-hydrogen) atoms. The van der Waals surface area contributed by atoms with Gasteiger partial charge in [0.2, 0.25) is 5.91 Å². The zero-order chi connectivity index (χ0) is 29.4. The SMILES string of the molecule is C#C.C=C(/C=C(\C)C(=O)NC1(c2ccc(C(/C=C(\C)OC)=C(/C)C#N)nc2)CC1)C(F)(F)F.CC.CC. The molecule has 1 amide bonds. The highest BCUT2D eigenvalue weighted by atomic mass is 19.4. The number of pyridine rings is 1. The average Bonchev–Trinajstić information content (AvgIpc) is 3.70. The van der Waals surface area contributed by atoms with Gasteiger partial charge in [0, 0.05) is 28.5 Å². The summed E-state index contributed by atoms with van der Waals surface area (Å²) in [5.74, 6) is 0.0237. The molecule has 0 unspecified atom stereocenters. The van der Waals surface area contributed by atoms with Crippen LogP contribution in [0.1, 0.15) is 72.6 Å². The number of allylic oxidation sites excluding steroid dienone is 6. The van der Waals surface area contributed by atoms with Crippen molar-refractivity contribution in [1.82, 2.24) is 10.3 Å². The van der Waals surface area contributed by atoms with Crippen molar-refractivity contribution in [1.29, 1.82) is 5.26 Å². The van der Waals surface area contributed by atoms with E-state index >= 15 is 0 Å². The standard InChI is InChI=1S/C23H24F3N3O2.2C2H6.C2H2/c1-14(10-16(3)23(24,25)26)21(30)29-22(8-9-22)18-6-7-20(28-13-18)19(15(2)12-27)11-17(4)31-5;3*1-2/h6-7,10-11,13H,3,8-9H2,1-2,4-5H3,(H,29,30);2*1-2H3;1-2H/b14-10+,17-11+,19-15-;;;. The fourth-order valence-electron chi connectivity index (χ4n) is 2.87. The topological polar surface area (TPSA) is 75.0 Å². The molecule has 8 heteroatoms. The van der Waals surface area contributed by atoms with Gasteiger partial charge < -0.3 is 10.1 Å². The Hall–Kier alpha value is -3.78. The van der Waals surface area contributed by atoms with Gasteiger partial charge in [0.05, 0.1) is 30.2 Å². The summed E-state index contributed by atoms with van der Waals surface area (Å²) in [5.41, 5.74) is 0.579. The molecule has 1 heterocycles. The number of ether oxygens (including phenoxy) is 1. The minimum Gasteiger partial charge on any atom is -0.501 e. The van der Waals surface area contributed by atoms with Crippen molar-refractivity contribution < 1.29 is 22.7 Å². The lowest BCUT2D eigenvalue weighted by atomic mass is 10.0. The van der Waals surface area contributed by atoms with E-state index < -0.39 is 23.2 Å². The van der Waals surface area contributed by atoms with Gasteiger partial charge in [-0.3, -0.25) is 9.78 Å². The second kappa shape index (κ2) is 16.8. The van der Waals surface area contributed by atoms with Crippen LogP contribution in [0.5, 0.6) is 0 Å². The van der Waals surface area contributed by atoms with Crippen LogP contribution in [0.4, 0.5) is 13.2 Å². The van der Waals surface area contributed by atoms with Crippen molar-refractivity contribution in [2.24, 2.45) is 0 Å². The van der Waals surface area contributed by atoms with Gasteiger partial charge in [-0.25, -0.2) is 0 Å². The summed E-state index contributed by atoms with van der Waals surface area (Å²) in [6, 6.07) is 5.64. The molecule has 0 aromatic carbocycles. The van der Waals surface area contributed by atoms with Crippen molar-refractivity contribution in [3.8, 4) is 18.9 Å². The molecule has 0 radical (unpaired) electrons. The Balaban J connectivity index is 0. The number of aromatic nitrogens is 1. The maximum atomic E-state index is 12.7. The predicted molar refractivity (Wildman–Crippen MR) is 144 cm³/mol. The van der Waals surface area contributed by atoms with Gasteiger partial charge in [0.15, 0.2) is 0 Å². The predicted octanol–water partition coefficient (Wildman–Crippen LogP) is 7.40. The number of hydrogen-bond donors (Lipinski definition) is 1. The van der Waals surface area contributed by atoms with E-state index in [1.807, 2.05) is 27.7 Å². The Labute approximate surface area is 219 Å². The number of nitrogens with one attached hydrogen (secondary N) is 1. The fraction of sp³-hybridized carbons (Fsp3) is 0.414. The van der Waals surface area contributed by atoms with Crippen LogP contribution < -0.4 is 5.32 Å². The highest BCUT2D eigenvalue weighted by Gasteiger charge is 2.46. The molecule has 0 bridgehead atoms. The largest absolute Gasteiger partial charge is 0.501 e. The van der Waals surface area contributed by atoms with E-state index in [0.717, 1.165) is 11.6 Å². The molecular weight excluding hydrogens is 479 g/mol. The first-order chi connectivity index (χ1) is 17.4. The second-order valence-corrected chi connectivity index (χ2v) is 7.43. The zero-order valence-corrected chi connectivity index (χ0v) is 23.0. The molecule has 0 aliphatic heterocycles. The Morgan fingerprint density at radius 1 is 1.16 bits per heavy atom. The fourth-order valence-corrected chi connectivity index (χ4v) is 2.87. The number of methoxy groups -OCH3 is 1. The third-order valence-corrected chi connectivity index (χ3v) is 5.05. The van der Waals surface area contributed by atoms with Crippen LogP contribution >= 0.6 is 0 Å². The van der Waals surface area contributed by atoms with Gasteiger partial charge in [-0.1, -0.05) is 40.3 Å². The van der Waals surface area contributed by atoms with Gasteiger partial charge >= 0.3 is 6.18 Å². The van der Waals surface area contributed by atoms with Gasteiger partial charge in [-0.2, -0.15) is 18.4 Å². The number of amides is 1. The number of hydrogen-bond acceptors (Lipinski definition) is 4. The van der Waals surface area contributed by atoms with Crippen LogP contribution in [0.15, 0.2) is 59.5 Å². The molecule has 202 valence electrons. The lowest BCUT2D eigenvalue weighted by molar-refractivity contribution is -0.118. The molecule has 1 aliphatic carbocycles. The maximum absolute atomic E-state index is 12.7. The number of nitrogens with zero attached hydrogens (tertiary/aromatic N) is 2. The highest BCUT2D eigenvalue weighted by molar-refractivity contribution is 5.94. The van der Waals surface area contributed by atoms with Crippen LogP contribution in [0.3, 0.4) is 0 Å². The highest BCUT2D eigenvalue weighted by Crippen LogP contribution is 2.45. The van der Waals surface area contributed by atoms with Crippen LogP contribution in [0, 0.1) is 24.2 Å². The number of halogens is 3. The van der Waals surface area contributed by atoms with Crippen molar-refractivity contribution >= 4 is 11.5 Å². The molecule has 5 nitrogen and oxygen atoms in total. The van der Waals surface area contributed by atoms with Crippen molar-refractivity contribution in [2.45, 2.75) is 73.0 Å². The number of nitriles is 1. The van der Waals surface area contributed by atoms with E-state index in [1.165, 1.54) is 14.0 Å². The minimum absolute atomic E-state index is 0.0757. The lowest BCUT2D eigenvalue weighted by Crippen LogP contribution is -2.35. The third-order valence-electron chi connectivity index (χ3n) is 5.05. The van der Waals surface area contributed by atoms with E-state index in [4.69, 9.17) is 4.74 Å². The van der Waals surface area contributed by atoms with Crippen LogP contribution in [-0.2, 0) is 15.1 Å². The summed E-state index contributed by atoms with van der Waals surface area (Å²) in [5, 5.41) is 12.1. The van der Waals surface area contributed by atoms with Gasteiger partial charge in [-0.05, 0) is 57.4 Å². The van der Waals surface area contributed by atoms with Gasteiger partial charge in [-0.15, -0.1) is 12.8 Å². The van der Waals surface area contributed by atoms with Gasteiger partial charge in [0.25, 0.3) is 0 Å². The molecule has 0 spiro atoms. The van der Waals surface area contributed by atoms with Crippen molar-refractivity contribution in [3.63, 3.8) is 0 Å². The monoisotopic (exact) mass is 517 g/mol. The molecule has 0 atom stereocenters. The molecule has 2 rings (SSSR count). The first-order valence-electron chi connectivity index (χ1n) is 11.8. The van der Waals surface area contributed by atoms with Crippen molar-refractivity contribution in [2.75, 3.05) is 7.11 Å². The molecule has 1 saturated carbocycles. The number of carbonyl (C=O) groups is 1. The maximum Gasteiger partial charge on any atom is 0.415 e. The summed E-state index contributed by atoms with van der Waals surface area (Å²) in [6.07, 6.45) is 8.78. The quantitative estimate of drug-likeness (QED) is 0.134. The number of alkyl halides is 3. The molecule has 1 aliphatic rings. The molecule has 1 N–H and O–H groups in total. The number of carbonyl (C=O) groups excluding carboxylic acids is 1. The minimum atomic E-state index is -4.58. The second-order valence-electron chi connectivity index (χ2n) is 7.43. The average molecular weight is 518 g/mol. The molecular formula is C29H38F3N3O2. The Morgan fingerprint density at radius 3 is 2.08 bits per heavy atom. The summed E-state index contributed by atoms with van der Waals surface area (Å²) >= 11 is 0. The molecule has 1 aromatic heterocycles. The number of terminal acetylenes is 1. The normalized spacial score (nSPS) is 14.4. The summed E-state index contributed by atoms with van der Waals surface area (Å²) in [6.45, 7) is 15.7. The smallest absolute Gasteiger partial charge is 0.415 e. The Bertz CT molecular complexity index is 1050. The Morgan fingerprint density at radius 2 is 1.70 bits per heavy atom. The summed E-state index contributed by atoms with van der Waals surface area (Å²) in [7, 11) is 1.53. The lowest BCUT2D eigenvalue weighted by Gasteiger charge is -2.19. The van der Waals surface area contributed by atoms with E-state index in [1.54, 1.807) is 38.3 Å². The van der Waals surface area contributed by atoms with E-state index in [-0.39, 0.29) is 5.57 Å².